The van der Waals surface area contributed by atoms with E-state index in [0.717, 1.165) is 34.9 Å². The molecule has 0 fully saturated rings. The van der Waals surface area contributed by atoms with Gasteiger partial charge in [-0.25, -0.2) is 0 Å². The van der Waals surface area contributed by atoms with Gasteiger partial charge in [0.1, 0.15) is 0 Å². The molecule has 0 bridgehead atoms. The molecule has 2 aliphatic rings. The molecular formula is C17H17NO3. The summed E-state index contributed by atoms with van der Waals surface area (Å²) in [5.41, 5.74) is 2.96. The molecule has 4 rings (SSSR count). The van der Waals surface area contributed by atoms with E-state index in [1.54, 1.807) is 0 Å². The van der Waals surface area contributed by atoms with Crippen molar-refractivity contribution in [3.05, 3.63) is 41.7 Å². The van der Waals surface area contributed by atoms with Crippen molar-refractivity contribution in [3.63, 3.8) is 0 Å². The zero-order chi connectivity index (χ0) is 14.6. The third-order valence-electron chi connectivity index (χ3n) is 4.21. The average Bonchev–Trinajstić information content (AvgIpc) is 3.02. The predicted molar refractivity (Wildman–Crippen MR) is 78.3 cm³/mol. The van der Waals surface area contributed by atoms with Crippen molar-refractivity contribution in [2.45, 2.75) is 26.7 Å². The second-order valence-corrected chi connectivity index (χ2v) is 6.52. The van der Waals surface area contributed by atoms with Gasteiger partial charge in [0.05, 0.1) is 0 Å². The van der Waals surface area contributed by atoms with E-state index >= 15 is 0 Å². The van der Waals surface area contributed by atoms with Crippen molar-refractivity contribution in [1.29, 1.82) is 0 Å². The summed E-state index contributed by atoms with van der Waals surface area (Å²) in [4.78, 5) is 12.3. The second-order valence-electron chi connectivity index (χ2n) is 6.52. The highest BCUT2D eigenvalue weighted by Crippen LogP contribution is 2.38. The Morgan fingerprint density at radius 2 is 1.90 bits per heavy atom. The second kappa shape index (κ2) is 4.13. The Labute approximate surface area is 123 Å². The molecule has 2 aromatic rings. The highest BCUT2D eigenvalue weighted by Gasteiger charge is 2.33. The summed E-state index contributed by atoms with van der Waals surface area (Å²) in [5.74, 6) is 1.77. The zero-order valence-electron chi connectivity index (χ0n) is 12.2. The van der Waals surface area contributed by atoms with E-state index in [1.807, 2.05) is 30.5 Å². The molecule has 4 heteroatoms. The molecule has 108 valence electrons. The zero-order valence-corrected chi connectivity index (χ0v) is 12.2. The van der Waals surface area contributed by atoms with Gasteiger partial charge in [0.15, 0.2) is 17.3 Å². The van der Waals surface area contributed by atoms with Gasteiger partial charge < -0.3 is 14.0 Å². The first-order chi connectivity index (χ1) is 10.0. The first-order valence-corrected chi connectivity index (χ1v) is 7.17. The van der Waals surface area contributed by atoms with Gasteiger partial charge in [-0.05, 0) is 30.0 Å². The molecule has 1 aromatic carbocycles. The molecule has 0 amide bonds. The number of aromatic nitrogens is 1. The summed E-state index contributed by atoms with van der Waals surface area (Å²) in [5, 5.41) is 0. The molecular weight excluding hydrogens is 266 g/mol. The van der Waals surface area contributed by atoms with Crippen LogP contribution in [0.4, 0.5) is 0 Å². The summed E-state index contributed by atoms with van der Waals surface area (Å²) in [6.07, 6.45) is 3.49. The maximum atomic E-state index is 12.3. The van der Waals surface area contributed by atoms with Crippen LogP contribution in [0.1, 0.15) is 36.3 Å². The number of nitrogens with zero attached hydrogens (tertiary/aromatic N) is 1. The van der Waals surface area contributed by atoms with Crippen LogP contribution in [0.25, 0.3) is 5.69 Å². The van der Waals surface area contributed by atoms with Gasteiger partial charge in [0.25, 0.3) is 0 Å². The monoisotopic (exact) mass is 283 g/mol. The first kappa shape index (κ1) is 12.5. The van der Waals surface area contributed by atoms with E-state index in [0.29, 0.717) is 6.42 Å². The summed E-state index contributed by atoms with van der Waals surface area (Å²) >= 11 is 0. The molecule has 0 unspecified atom stereocenters. The van der Waals surface area contributed by atoms with Gasteiger partial charge in [0.2, 0.25) is 6.79 Å². The molecule has 0 spiro atoms. The van der Waals surface area contributed by atoms with Crippen LogP contribution in [0.2, 0.25) is 0 Å². The number of fused-ring (bicyclic) bond motifs is 2. The SMILES string of the molecule is CC1(C)CC(=O)c2ccn(-c3ccc4c(c3)OCO4)c2C1. The Balaban J connectivity index is 1.82. The van der Waals surface area contributed by atoms with Gasteiger partial charge in [-0.3, -0.25) is 4.79 Å². The van der Waals surface area contributed by atoms with Gasteiger partial charge in [-0.2, -0.15) is 0 Å². The minimum Gasteiger partial charge on any atom is -0.454 e. The number of ketones is 1. The Hall–Kier alpha value is -2.23. The van der Waals surface area contributed by atoms with Crippen LogP contribution in [0, 0.1) is 5.41 Å². The van der Waals surface area contributed by atoms with Gasteiger partial charge in [0, 0.05) is 35.6 Å². The molecule has 0 saturated heterocycles. The fraction of sp³-hybridized carbons (Fsp3) is 0.353. The Bertz CT molecular complexity index is 742. The highest BCUT2D eigenvalue weighted by molar-refractivity contribution is 5.99. The standard InChI is InChI=1S/C17H17NO3/c1-17(2)8-13-12(14(19)9-17)5-6-18(13)11-3-4-15-16(7-11)21-10-20-15/h3-7H,8-10H2,1-2H3. The van der Waals surface area contributed by atoms with E-state index in [-0.39, 0.29) is 18.0 Å². The predicted octanol–water partition coefficient (Wildman–Crippen LogP) is 3.36. The molecule has 0 atom stereocenters. The summed E-state index contributed by atoms with van der Waals surface area (Å²) in [7, 11) is 0. The van der Waals surface area contributed by atoms with E-state index in [4.69, 9.17) is 9.47 Å². The number of benzene rings is 1. The molecule has 0 radical (unpaired) electrons. The van der Waals surface area contributed by atoms with E-state index in [1.165, 1.54) is 0 Å². The van der Waals surface area contributed by atoms with E-state index in [9.17, 15) is 4.79 Å². The molecule has 4 nitrogen and oxygen atoms in total. The normalized spacial score (nSPS) is 18.7. The third kappa shape index (κ3) is 1.94. The van der Waals surface area contributed by atoms with E-state index in [2.05, 4.69) is 18.4 Å². The molecule has 21 heavy (non-hydrogen) atoms. The van der Waals surface area contributed by atoms with Crippen LogP contribution in [-0.2, 0) is 6.42 Å². The van der Waals surface area contributed by atoms with Crippen LogP contribution in [0.3, 0.4) is 0 Å². The number of hydrogen-bond acceptors (Lipinski definition) is 3. The lowest BCUT2D eigenvalue weighted by Crippen LogP contribution is -2.27. The molecule has 1 aliphatic heterocycles. The maximum absolute atomic E-state index is 12.3. The van der Waals surface area contributed by atoms with Crippen LogP contribution >= 0.6 is 0 Å². The minimum atomic E-state index is 0.0104. The quantitative estimate of drug-likeness (QED) is 0.805. The van der Waals surface area contributed by atoms with Crippen molar-refractivity contribution >= 4 is 5.78 Å². The van der Waals surface area contributed by atoms with Crippen LogP contribution in [-0.4, -0.2) is 17.1 Å². The van der Waals surface area contributed by atoms with Crippen molar-refractivity contribution in [2.75, 3.05) is 6.79 Å². The van der Waals surface area contributed by atoms with Crippen molar-refractivity contribution in [2.24, 2.45) is 5.41 Å². The van der Waals surface area contributed by atoms with Crippen molar-refractivity contribution in [3.8, 4) is 17.2 Å². The van der Waals surface area contributed by atoms with Crippen LogP contribution in [0.15, 0.2) is 30.5 Å². The fourth-order valence-corrected chi connectivity index (χ4v) is 3.22. The summed E-state index contributed by atoms with van der Waals surface area (Å²) in [6, 6.07) is 7.81. The molecule has 1 aromatic heterocycles. The van der Waals surface area contributed by atoms with Gasteiger partial charge in [-0.1, -0.05) is 13.8 Å². The lowest BCUT2D eigenvalue weighted by atomic mass is 9.76. The fourth-order valence-electron chi connectivity index (χ4n) is 3.22. The van der Waals surface area contributed by atoms with Crippen molar-refractivity contribution in [1.82, 2.24) is 4.57 Å². The topological polar surface area (TPSA) is 40.5 Å². The minimum absolute atomic E-state index is 0.0104. The Morgan fingerprint density at radius 3 is 2.76 bits per heavy atom. The third-order valence-corrected chi connectivity index (χ3v) is 4.21. The number of ether oxygens (including phenoxy) is 2. The van der Waals surface area contributed by atoms with Crippen LogP contribution < -0.4 is 9.47 Å². The van der Waals surface area contributed by atoms with Crippen molar-refractivity contribution < 1.29 is 14.3 Å². The summed E-state index contributed by atoms with van der Waals surface area (Å²) in [6.45, 7) is 4.56. The lowest BCUT2D eigenvalue weighted by molar-refractivity contribution is 0.0911. The number of carbonyl (C=O) groups excluding carboxylic acids is 1. The smallest absolute Gasteiger partial charge is 0.231 e. The maximum Gasteiger partial charge on any atom is 0.231 e. The molecule has 1 aliphatic carbocycles. The number of Topliss-reactive ketones (excluding diaryl/α,β-unsaturated/α-hetero) is 1. The number of carbonyl (C=O) groups is 1. The highest BCUT2D eigenvalue weighted by atomic mass is 16.7. The number of rotatable bonds is 1. The average molecular weight is 283 g/mol. The largest absolute Gasteiger partial charge is 0.454 e. The van der Waals surface area contributed by atoms with Gasteiger partial charge in [-0.15, -0.1) is 0 Å². The first-order valence-electron chi connectivity index (χ1n) is 7.17. The molecule has 0 N–H and O–H groups in total. The van der Waals surface area contributed by atoms with Gasteiger partial charge >= 0.3 is 0 Å². The Kier molecular flexibility index (Phi) is 2.46. The lowest BCUT2D eigenvalue weighted by Gasteiger charge is -2.29. The van der Waals surface area contributed by atoms with Crippen LogP contribution in [0.5, 0.6) is 11.5 Å². The van der Waals surface area contributed by atoms with E-state index < -0.39 is 0 Å². The summed E-state index contributed by atoms with van der Waals surface area (Å²) < 4.78 is 12.9. The molecule has 2 heterocycles. The molecule has 0 saturated carbocycles. The number of hydrogen-bond donors (Lipinski definition) is 0. The Morgan fingerprint density at radius 1 is 1.10 bits per heavy atom.